The first kappa shape index (κ1) is 13.2. The van der Waals surface area contributed by atoms with Crippen LogP contribution in [-0.4, -0.2) is 32.8 Å². The van der Waals surface area contributed by atoms with Crippen LogP contribution in [-0.2, 0) is 9.53 Å². The number of halogens is 1. The lowest BCUT2D eigenvalue weighted by atomic mass is 10.2. The van der Waals surface area contributed by atoms with Crippen LogP contribution in [0.5, 0.6) is 0 Å². The second kappa shape index (κ2) is 6.10. The molecule has 2 aromatic rings. The van der Waals surface area contributed by atoms with Crippen molar-refractivity contribution in [3.05, 3.63) is 35.4 Å². The number of carbonyl (C=O) groups is 1. The molecule has 1 aromatic carbocycles. The molecule has 0 N–H and O–H groups in total. The molecule has 0 fully saturated rings. The van der Waals surface area contributed by atoms with E-state index >= 15 is 0 Å². The Morgan fingerprint density at radius 3 is 2.84 bits per heavy atom. The fourth-order valence-electron chi connectivity index (χ4n) is 1.40. The minimum Gasteiger partial charge on any atom is -0.463 e. The summed E-state index contributed by atoms with van der Waals surface area (Å²) in [6.45, 7) is 2.06. The van der Waals surface area contributed by atoms with Crippen molar-refractivity contribution >= 4 is 23.8 Å². The lowest BCUT2D eigenvalue weighted by Gasteiger charge is -1.99. The summed E-state index contributed by atoms with van der Waals surface area (Å²) < 4.78 is 6.17. The van der Waals surface area contributed by atoms with Gasteiger partial charge in [-0.3, -0.25) is 0 Å². The molecule has 1 aromatic heterocycles. The van der Waals surface area contributed by atoms with E-state index < -0.39 is 5.97 Å². The molecule has 0 bridgehead atoms. The van der Waals surface area contributed by atoms with E-state index in [0.29, 0.717) is 17.5 Å². The summed E-state index contributed by atoms with van der Waals surface area (Å²) in [5, 5.41) is 11.9. The van der Waals surface area contributed by atoms with Crippen molar-refractivity contribution in [3.8, 4) is 11.4 Å². The Morgan fingerprint density at radius 1 is 1.42 bits per heavy atom. The molecule has 0 amide bonds. The lowest BCUT2D eigenvalue weighted by Crippen LogP contribution is -2.01. The number of hydrogen-bond acceptors (Lipinski definition) is 5. The van der Waals surface area contributed by atoms with E-state index in [-0.39, 0.29) is 0 Å². The molecular weight excluding hydrogens is 268 g/mol. The smallest absolute Gasteiger partial charge is 0.332 e. The summed E-state index contributed by atoms with van der Waals surface area (Å²) in [5.74, 6) is 0.0669. The van der Waals surface area contributed by atoms with Crippen LogP contribution in [0.15, 0.2) is 30.3 Å². The van der Waals surface area contributed by atoms with E-state index in [1.807, 2.05) is 0 Å². The fraction of sp³-hybridized carbons (Fsp3) is 0.167. The van der Waals surface area contributed by atoms with Crippen LogP contribution in [0.4, 0.5) is 0 Å². The highest BCUT2D eigenvalue weighted by Gasteiger charge is 2.07. The minimum absolute atomic E-state index is 0.322. The zero-order valence-electron chi connectivity index (χ0n) is 10.2. The largest absolute Gasteiger partial charge is 0.463 e. The summed E-state index contributed by atoms with van der Waals surface area (Å²) in [5.41, 5.74) is 0.794. The van der Waals surface area contributed by atoms with Gasteiger partial charge in [-0.25, -0.2) is 4.79 Å². The predicted octanol–water partition coefficient (Wildman–Crippen LogP) is 2.03. The van der Waals surface area contributed by atoms with Gasteiger partial charge in [0, 0.05) is 22.9 Å². The highest BCUT2D eigenvalue weighted by atomic mass is 35.5. The van der Waals surface area contributed by atoms with Gasteiger partial charge in [0.1, 0.15) is 0 Å². The number of rotatable bonds is 4. The highest BCUT2D eigenvalue weighted by molar-refractivity contribution is 6.30. The zero-order valence-corrected chi connectivity index (χ0v) is 10.9. The van der Waals surface area contributed by atoms with Gasteiger partial charge in [0.15, 0.2) is 5.82 Å². The summed E-state index contributed by atoms with van der Waals surface area (Å²) >= 11 is 5.82. The molecule has 2 rings (SSSR count). The van der Waals surface area contributed by atoms with Crippen LogP contribution in [0.25, 0.3) is 17.6 Å². The Bertz CT molecular complexity index is 592. The monoisotopic (exact) mass is 278 g/mol. The van der Waals surface area contributed by atoms with E-state index in [2.05, 4.69) is 15.5 Å². The molecule has 98 valence electrons. The van der Waals surface area contributed by atoms with Crippen LogP contribution in [0.2, 0.25) is 5.02 Å². The molecule has 0 atom stereocenters. The predicted molar refractivity (Wildman–Crippen MR) is 70.2 cm³/mol. The van der Waals surface area contributed by atoms with Gasteiger partial charge in [-0.1, -0.05) is 11.6 Å². The van der Waals surface area contributed by atoms with Crippen molar-refractivity contribution in [2.45, 2.75) is 6.92 Å². The maximum Gasteiger partial charge on any atom is 0.332 e. The minimum atomic E-state index is -0.444. The van der Waals surface area contributed by atoms with Gasteiger partial charge < -0.3 is 4.74 Å². The van der Waals surface area contributed by atoms with Crippen molar-refractivity contribution in [3.63, 3.8) is 0 Å². The Balaban J connectivity index is 2.22. The average molecular weight is 279 g/mol. The fourth-order valence-corrected chi connectivity index (χ4v) is 1.53. The summed E-state index contributed by atoms with van der Waals surface area (Å²) in [6, 6.07) is 7.07. The summed E-state index contributed by atoms with van der Waals surface area (Å²) in [4.78, 5) is 11.2. The highest BCUT2D eigenvalue weighted by Crippen LogP contribution is 2.18. The van der Waals surface area contributed by atoms with Gasteiger partial charge in [0.2, 0.25) is 0 Å². The molecule has 0 aliphatic carbocycles. The molecular formula is C12H11ClN4O2. The summed E-state index contributed by atoms with van der Waals surface area (Å²) in [7, 11) is 0. The van der Waals surface area contributed by atoms with E-state index in [4.69, 9.17) is 16.3 Å². The number of hydrogen-bond donors (Lipinski definition) is 0. The van der Waals surface area contributed by atoms with Crippen molar-refractivity contribution in [1.29, 1.82) is 0 Å². The molecule has 0 saturated heterocycles. The summed E-state index contributed by atoms with van der Waals surface area (Å²) in [6.07, 6.45) is 2.71. The van der Waals surface area contributed by atoms with Gasteiger partial charge in [-0.15, -0.1) is 5.10 Å². The number of tetrazole rings is 1. The van der Waals surface area contributed by atoms with Crippen molar-refractivity contribution < 1.29 is 9.53 Å². The molecule has 0 aliphatic heterocycles. The Morgan fingerprint density at radius 2 is 2.16 bits per heavy atom. The molecule has 0 spiro atoms. The number of esters is 1. The quantitative estimate of drug-likeness (QED) is 0.632. The second-order valence-corrected chi connectivity index (χ2v) is 3.96. The van der Waals surface area contributed by atoms with E-state index in [1.165, 1.54) is 17.0 Å². The second-order valence-electron chi connectivity index (χ2n) is 3.52. The third kappa shape index (κ3) is 3.38. The SMILES string of the molecule is CCOC(=O)/C=C/n1nnnc1-c1ccc(Cl)cc1. The molecule has 1 heterocycles. The van der Waals surface area contributed by atoms with E-state index in [9.17, 15) is 4.79 Å². The molecule has 0 radical (unpaired) electrons. The number of carbonyl (C=O) groups excluding carboxylic acids is 1. The van der Waals surface area contributed by atoms with E-state index in [1.54, 1.807) is 31.2 Å². The molecule has 6 nitrogen and oxygen atoms in total. The van der Waals surface area contributed by atoms with Gasteiger partial charge in [-0.2, -0.15) is 4.68 Å². The molecule has 0 unspecified atom stereocenters. The van der Waals surface area contributed by atoms with Crippen molar-refractivity contribution in [1.82, 2.24) is 20.2 Å². The van der Waals surface area contributed by atoms with Gasteiger partial charge >= 0.3 is 5.97 Å². The van der Waals surface area contributed by atoms with Gasteiger partial charge in [0.05, 0.1) is 6.61 Å². The van der Waals surface area contributed by atoms with Crippen LogP contribution in [0.1, 0.15) is 6.92 Å². The first-order valence-electron chi connectivity index (χ1n) is 5.59. The molecule has 0 saturated carbocycles. The van der Waals surface area contributed by atoms with Crippen molar-refractivity contribution in [2.24, 2.45) is 0 Å². The Kier molecular flexibility index (Phi) is 4.25. The maximum absolute atomic E-state index is 11.2. The molecule has 0 aliphatic rings. The van der Waals surface area contributed by atoms with Gasteiger partial charge in [-0.05, 0) is 41.6 Å². The Labute approximate surface area is 114 Å². The third-order valence-electron chi connectivity index (χ3n) is 2.23. The Hall–Kier alpha value is -2.21. The van der Waals surface area contributed by atoms with Crippen LogP contribution in [0.3, 0.4) is 0 Å². The van der Waals surface area contributed by atoms with Crippen LogP contribution in [0, 0.1) is 0 Å². The molecule has 7 heteroatoms. The standard InChI is InChI=1S/C12H11ClN4O2/c1-2-19-11(18)7-8-17-12(14-15-16-17)9-3-5-10(13)6-4-9/h3-8H,2H2,1H3/b8-7+. The average Bonchev–Trinajstić information content (AvgIpc) is 2.86. The van der Waals surface area contributed by atoms with Crippen LogP contribution < -0.4 is 0 Å². The number of ether oxygens (including phenoxy) is 1. The maximum atomic E-state index is 11.2. The first-order valence-corrected chi connectivity index (χ1v) is 5.97. The lowest BCUT2D eigenvalue weighted by molar-refractivity contribution is -0.137. The first-order chi connectivity index (χ1) is 9.20. The van der Waals surface area contributed by atoms with Gasteiger partial charge in [0.25, 0.3) is 0 Å². The third-order valence-corrected chi connectivity index (χ3v) is 2.49. The topological polar surface area (TPSA) is 69.9 Å². The zero-order chi connectivity index (χ0) is 13.7. The number of aromatic nitrogens is 4. The number of nitrogens with zero attached hydrogens (tertiary/aromatic N) is 4. The number of benzene rings is 1. The van der Waals surface area contributed by atoms with Crippen molar-refractivity contribution in [2.75, 3.05) is 6.61 Å². The van der Waals surface area contributed by atoms with E-state index in [0.717, 1.165) is 5.56 Å². The normalized spacial score (nSPS) is 10.8. The molecule has 19 heavy (non-hydrogen) atoms. The van der Waals surface area contributed by atoms with Crippen LogP contribution >= 0.6 is 11.6 Å².